The minimum absolute atomic E-state index is 0.00840. The number of aliphatic imine (C=N–C) groups is 1. The molecule has 13 nitrogen and oxygen atoms in total. The zero-order valence-electron chi connectivity index (χ0n) is 33.6. The zero-order chi connectivity index (χ0) is 40.4. The van der Waals surface area contributed by atoms with Crippen LogP contribution in [-0.2, 0) is 28.6 Å². The van der Waals surface area contributed by atoms with E-state index in [4.69, 9.17) is 19.2 Å². The summed E-state index contributed by atoms with van der Waals surface area (Å²) < 4.78 is 16.0. The van der Waals surface area contributed by atoms with Gasteiger partial charge in [0.05, 0.1) is 57.0 Å². The third-order valence-electron chi connectivity index (χ3n) is 11.9. The van der Waals surface area contributed by atoms with E-state index in [9.17, 15) is 19.2 Å². The Labute approximate surface area is 334 Å². The minimum Gasteiger partial charge on any atom is -0.469 e. The standard InChI is InChI=1S/C44H52N6O7/c1-25(2)31(22-37(51)55-5)42(52)49-19-7-9-33(49)32-21-27(23-45-32)11-12-28-13-14-29(39-36-18-17-35(57-36)38(28)39)15-16-30-24-46-41(47-30)34-10-8-20-50(34)43(53)40(26(3)4)48-44(54)56-6/h13-14,23-26,31,33-36,40H,7-10,17-22H2,1-6H3,(H,46,47)(H,48,54)/t31-,33-,34+,35?,36?,40-/m0/s1. The molecule has 1 aromatic heterocycles. The van der Waals surface area contributed by atoms with Crippen LogP contribution in [0.25, 0.3) is 0 Å². The van der Waals surface area contributed by atoms with Crippen molar-refractivity contribution < 1.29 is 33.4 Å². The second kappa shape index (κ2) is 17.0. The Kier molecular flexibility index (Phi) is 11.9. The average Bonchev–Trinajstić information content (AvgIpc) is 4.06. The number of rotatable bonds is 9. The lowest BCUT2D eigenvalue weighted by Gasteiger charge is -2.30. The molecular weight excluding hydrogens is 725 g/mol. The van der Waals surface area contributed by atoms with Crippen LogP contribution in [-0.4, -0.2) is 88.7 Å². The van der Waals surface area contributed by atoms with Crippen LogP contribution in [0.3, 0.4) is 0 Å². The average molecular weight is 777 g/mol. The third-order valence-corrected chi connectivity index (χ3v) is 11.9. The molecule has 13 heteroatoms. The van der Waals surface area contributed by atoms with Crippen molar-refractivity contribution in [2.24, 2.45) is 22.7 Å². The molecular formula is C44H52N6O7. The first kappa shape index (κ1) is 39.8. The van der Waals surface area contributed by atoms with Gasteiger partial charge < -0.3 is 34.3 Å². The van der Waals surface area contributed by atoms with Crippen molar-refractivity contribution in [3.63, 3.8) is 0 Å². The van der Waals surface area contributed by atoms with Gasteiger partial charge in [0.15, 0.2) is 0 Å². The highest BCUT2D eigenvalue weighted by Gasteiger charge is 2.42. The molecule has 2 N–H and O–H groups in total. The van der Waals surface area contributed by atoms with Gasteiger partial charge in [0.2, 0.25) is 11.8 Å². The van der Waals surface area contributed by atoms with E-state index in [1.54, 1.807) is 11.1 Å². The first-order valence-electron chi connectivity index (χ1n) is 20.2. The number of ether oxygens (including phenoxy) is 3. The van der Waals surface area contributed by atoms with E-state index in [-0.39, 0.29) is 60.3 Å². The van der Waals surface area contributed by atoms with Gasteiger partial charge in [-0.15, -0.1) is 0 Å². The number of carbonyl (C=O) groups is 4. The third kappa shape index (κ3) is 8.22. The summed E-state index contributed by atoms with van der Waals surface area (Å²) in [7, 11) is 2.64. The van der Waals surface area contributed by atoms with Crippen LogP contribution in [0, 0.1) is 41.4 Å². The molecule has 1 aromatic carbocycles. The van der Waals surface area contributed by atoms with Crippen molar-refractivity contribution in [3.8, 4) is 23.7 Å². The van der Waals surface area contributed by atoms with E-state index < -0.39 is 18.1 Å². The van der Waals surface area contributed by atoms with Crippen molar-refractivity contribution >= 4 is 29.6 Å². The van der Waals surface area contributed by atoms with E-state index >= 15 is 0 Å². The summed E-state index contributed by atoms with van der Waals surface area (Å²) >= 11 is 0. The number of nitrogens with zero attached hydrogens (tertiary/aromatic N) is 4. The summed E-state index contributed by atoms with van der Waals surface area (Å²) in [6.07, 6.45) is 8.68. The molecule has 3 fully saturated rings. The molecule has 0 saturated carbocycles. The first-order chi connectivity index (χ1) is 27.5. The number of esters is 1. The molecule has 3 amide bonds. The molecule has 6 atom stereocenters. The maximum absolute atomic E-state index is 13.7. The molecule has 300 valence electrons. The summed E-state index contributed by atoms with van der Waals surface area (Å²) in [5.74, 6) is 13.0. The first-order valence-corrected chi connectivity index (χ1v) is 20.2. The van der Waals surface area contributed by atoms with Crippen molar-refractivity contribution in [2.75, 3.05) is 27.3 Å². The highest BCUT2D eigenvalue weighted by Crippen LogP contribution is 2.52. The van der Waals surface area contributed by atoms with Crippen molar-refractivity contribution in [3.05, 3.63) is 63.9 Å². The van der Waals surface area contributed by atoms with Crippen LogP contribution >= 0.6 is 0 Å². The highest BCUT2D eigenvalue weighted by molar-refractivity contribution is 5.98. The number of aromatic nitrogens is 2. The quantitative estimate of drug-likeness (QED) is 0.244. The van der Waals surface area contributed by atoms with Crippen LogP contribution in [0.5, 0.6) is 0 Å². The Morgan fingerprint density at radius 1 is 0.860 bits per heavy atom. The number of benzene rings is 1. The smallest absolute Gasteiger partial charge is 0.407 e. The number of amides is 3. The van der Waals surface area contributed by atoms with E-state index in [1.807, 2.05) is 50.9 Å². The summed E-state index contributed by atoms with van der Waals surface area (Å²) in [4.78, 5) is 67.7. The summed E-state index contributed by atoms with van der Waals surface area (Å²) in [6.45, 7) is 8.95. The van der Waals surface area contributed by atoms with E-state index in [0.717, 1.165) is 72.1 Å². The Morgan fingerprint density at radius 3 is 2.14 bits per heavy atom. The summed E-state index contributed by atoms with van der Waals surface area (Å²) in [6, 6.07) is 2.99. The molecule has 0 radical (unpaired) electrons. The Hall–Kier alpha value is -5.40. The number of imidazole rings is 1. The second-order valence-electron chi connectivity index (χ2n) is 16.2. The molecule has 0 spiro atoms. The number of H-pyrrole nitrogens is 1. The maximum atomic E-state index is 13.7. The lowest BCUT2D eigenvalue weighted by Crippen LogP contribution is -2.51. The molecule has 2 bridgehead atoms. The van der Waals surface area contributed by atoms with Crippen molar-refractivity contribution in [1.29, 1.82) is 0 Å². The predicted molar refractivity (Wildman–Crippen MR) is 211 cm³/mol. The summed E-state index contributed by atoms with van der Waals surface area (Å²) in [5.41, 5.74) is 6.51. The SMILES string of the molecule is COC(=O)C[C@H](C(=O)N1CCC[C@H]1C1=NC=C(C#Cc2ccc(C#Cc3cnc([C@H]4CCCN4C(=O)[C@@H](NC(=O)OC)C(C)C)[nH]3)c3c2C2CCC3O2)C1)C(C)C. The fourth-order valence-electron chi connectivity index (χ4n) is 8.84. The number of hydrogen-bond acceptors (Lipinski definition) is 9. The number of aromatic amines is 1. The molecule has 0 aliphatic carbocycles. The van der Waals surface area contributed by atoms with Crippen LogP contribution in [0.1, 0.15) is 131 Å². The Morgan fingerprint density at radius 2 is 1.51 bits per heavy atom. The fourth-order valence-corrected chi connectivity index (χ4v) is 8.84. The van der Waals surface area contributed by atoms with Crippen molar-refractivity contribution in [2.45, 2.75) is 109 Å². The predicted octanol–water partition coefficient (Wildman–Crippen LogP) is 5.67. The lowest BCUT2D eigenvalue weighted by molar-refractivity contribution is -0.148. The van der Waals surface area contributed by atoms with Gasteiger partial charge in [0, 0.05) is 59.2 Å². The Balaban J connectivity index is 1.04. The number of allylic oxidation sites excluding steroid dienone is 1. The van der Waals surface area contributed by atoms with Crippen LogP contribution < -0.4 is 5.32 Å². The van der Waals surface area contributed by atoms with Gasteiger partial charge in [-0.2, -0.15) is 0 Å². The molecule has 6 heterocycles. The molecule has 2 aromatic rings. The topological polar surface area (TPSA) is 156 Å². The normalized spacial score (nSPS) is 22.9. The van der Waals surface area contributed by atoms with Crippen LogP contribution in [0.15, 0.2) is 35.1 Å². The summed E-state index contributed by atoms with van der Waals surface area (Å²) in [5, 5.41) is 2.69. The number of carbonyl (C=O) groups excluding carboxylic acids is 4. The van der Waals surface area contributed by atoms with Crippen molar-refractivity contribution in [1.82, 2.24) is 25.1 Å². The van der Waals surface area contributed by atoms with Gasteiger partial charge in [-0.05, 0) is 68.4 Å². The molecule has 5 aliphatic heterocycles. The van der Waals surface area contributed by atoms with Gasteiger partial charge in [0.1, 0.15) is 17.6 Å². The van der Waals surface area contributed by atoms with Gasteiger partial charge in [-0.1, -0.05) is 45.5 Å². The molecule has 2 unspecified atom stereocenters. The second-order valence-corrected chi connectivity index (χ2v) is 16.2. The number of alkyl carbamates (subject to hydrolysis) is 1. The molecule has 3 saturated heterocycles. The van der Waals surface area contributed by atoms with Crippen LogP contribution in [0.2, 0.25) is 0 Å². The molecule has 5 aliphatic rings. The van der Waals surface area contributed by atoms with Gasteiger partial charge in [-0.3, -0.25) is 19.4 Å². The molecule has 7 rings (SSSR count). The van der Waals surface area contributed by atoms with Crippen LogP contribution in [0.4, 0.5) is 4.79 Å². The van der Waals surface area contributed by atoms with Gasteiger partial charge in [0.25, 0.3) is 0 Å². The van der Waals surface area contributed by atoms with E-state index in [1.165, 1.54) is 14.2 Å². The minimum atomic E-state index is -0.704. The number of nitrogens with one attached hydrogen (secondary N) is 2. The van der Waals surface area contributed by atoms with E-state index in [0.29, 0.717) is 31.0 Å². The Bertz CT molecular complexity index is 2110. The number of fused-ring (bicyclic) bond motifs is 5. The zero-order valence-corrected chi connectivity index (χ0v) is 33.6. The maximum Gasteiger partial charge on any atom is 0.407 e. The largest absolute Gasteiger partial charge is 0.469 e. The van der Waals surface area contributed by atoms with E-state index in [2.05, 4.69) is 39.0 Å². The highest BCUT2D eigenvalue weighted by atomic mass is 16.5. The number of methoxy groups -OCH3 is 2. The lowest BCUT2D eigenvalue weighted by atomic mass is 9.85. The van der Waals surface area contributed by atoms with Gasteiger partial charge in [-0.25, -0.2) is 9.78 Å². The fraction of sp³-hybridized carbons (Fsp3) is 0.545. The number of likely N-dealkylation sites (tertiary alicyclic amines) is 2. The van der Waals surface area contributed by atoms with Gasteiger partial charge >= 0.3 is 12.1 Å². The number of hydrogen-bond donors (Lipinski definition) is 2. The molecule has 57 heavy (non-hydrogen) atoms. The monoisotopic (exact) mass is 776 g/mol.